The van der Waals surface area contributed by atoms with Crippen LogP contribution in [0.4, 0.5) is 10.1 Å². The van der Waals surface area contributed by atoms with E-state index in [1.807, 2.05) is 6.92 Å². The Hall–Kier alpha value is -2.72. The van der Waals surface area contributed by atoms with E-state index in [-0.39, 0.29) is 19.1 Å². The maximum atomic E-state index is 13.9. The molecule has 2 aromatic carbocycles. The van der Waals surface area contributed by atoms with Crippen molar-refractivity contribution in [3.63, 3.8) is 0 Å². The van der Waals surface area contributed by atoms with Crippen molar-refractivity contribution in [3.05, 3.63) is 57.2 Å². The summed E-state index contributed by atoms with van der Waals surface area (Å²) < 4.78 is 30.6. The number of anilines is 1. The molecule has 0 aromatic heterocycles. The molecule has 1 heterocycles. The van der Waals surface area contributed by atoms with Gasteiger partial charge in [0, 0.05) is 0 Å². The van der Waals surface area contributed by atoms with Gasteiger partial charge < -0.3 is 24.8 Å². The molecule has 1 fully saturated rings. The number of carbonyl (C=O) groups excluding carboxylic acids is 2. The minimum absolute atomic E-state index is 0.255. The highest BCUT2D eigenvalue weighted by Crippen LogP contribution is 2.39. The summed E-state index contributed by atoms with van der Waals surface area (Å²) in [6.45, 7) is 3.93. The van der Waals surface area contributed by atoms with E-state index >= 15 is 0 Å². The quantitative estimate of drug-likeness (QED) is 0.368. The van der Waals surface area contributed by atoms with Crippen molar-refractivity contribution in [2.24, 2.45) is 0 Å². The standard InChI is InChI=1S/C22H22BrFN2O5S/c1-3-29-17-10-13(9-14(23)20(17)31-12-19(27)30-4-2)11-18-21(28)26-22(32-18)25-16-8-6-5-7-15(16)24/h5-11,22,25H,3-4,12H2,1-2H3,(H,26,28)/b18-11-. The van der Waals surface area contributed by atoms with Crippen LogP contribution in [0.1, 0.15) is 19.4 Å². The van der Waals surface area contributed by atoms with Crippen LogP contribution < -0.4 is 20.1 Å². The number of benzene rings is 2. The Kier molecular flexibility index (Phi) is 8.40. The molecule has 1 unspecified atom stereocenters. The Bertz CT molecular complexity index is 1030. The van der Waals surface area contributed by atoms with E-state index in [1.165, 1.54) is 17.8 Å². The number of hydrogen-bond donors (Lipinski definition) is 2. The molecular weight excluding hydrogens is 503 g/mol. The van der Waals surface area contributed by atoms with E-state index in [9.17, 15) is 14.0 Å². The summed E-state index contributed by atoms with van der Waals surface area (Å²) in [6, 6.07) is 9.72. The normalized spacial score (nSPS) is 16.6. The lowest BCUT2D eigenvalue weighted by atomic mass is 10.2. The Balaban J connectivity index is 1.77. The first-order chi connectivity index (χ1) is 15.4. The van der Waals surface area contributed by atoms with Crippen molar-refractivity contribution in [3.8, 4) is 11.5 Å². The number of esters is 1. The van der Waals surface area contributed by atoms with Crippen LogP contribution in [0.5, 0.6) is 11.5 Å². The average Bonchev–Trinajstić information content (AvgIpc) is 3.08. The lowest BCUT2D eigenvalue weighted by molar-refractivity contribution is -0.145. The van der Waals surface area contributed by atoms with E-state index in [0.29, 0.717) is 38.7 Å². The second kappa shape index (κ2) is 11.2. The molecule has 1 saturated heterocycles. The first-order valence-electron chi connectivity index (χ1n) is 9.86. The van der Waals surface area contributed by atoms with Crippen molar-refractivity contribution in [2.75, 3.05) is 25.1 Å². The van der Waals surface area contributed by atoms with E-state index in [0.717, 1.165) is 0 Å². The summed E-state index contributed by atoms with van der Waals surface area (Å²) in [6.07, 6.45) is 1.70. The minimum Gasteiger partial charge on any atom is -0.490 e. The van der Waals surface area contributed by atoms with Gasteiger partial charge in [-0.25, -0.2) is 9.18 Å². The van der Waals surface area contributed by atoms with E-state index in [1.54, 1.807) is 43.3 Å². The predicted molar refractivity (Wildman–Crippen MR) is 125 cm³/mol. The second-order valence-corrected chi connectivity index (χ2v) is 8.46. The molecule has 0 aliphatic carbocycles. The molecule has 7 nitrogen and oxygen atoms in total. The van der Waals surface area contributed by atoms with Crippen LogP contribution in [-0.4, -0.2) is 37.2 Å². The van der Waals surface area contributed by atoms with Crippen molar-refractivity contribution in [1.82, 2.24) is 5.32 Å². The smallest absolute Gasteiger partial charge is 0.344 e. The third-order valence-corrected chi connectivity index (χ3v) is 5.78. The fourth-order valence-electron chi connectivity index (χ4n) is 2.84. The van der Waals surface area contributed by atoms with Gasteiger partial charge in [-0.2, -0.15) is 0 Å². The number of amides is 1. The molecule has 0 saturated carbocycles. The summed E-state index contributed by atoms with van der Waals surface area (Å²) >= 11 is 4.68. The van der Waals surface area contributed by atoms with Gasteiger partial charge in [-0.05, 0) is 65.7 Å². The highest BCUT2D eigenvalue weighted by Gasteiger charge is 2.28. The van der Waals surface area contributed by atoms with Gasteiger partial charge >= 0.3 is 5.97 Å². The maximum absolute atomic E-state index is 13.9. The number of thioether (sulfide) groups is 1. The number of hydrogen-bond acceptors (Lipinski definition) is 7. The molecule has 10 heteroatoms. The number of para-hydroxylation sites is 1. The minimum atomic E-state index is -0.507. The number of rotatable bonds is 9. The zero-order chi connectivity index (χ0) is 23.1. The number of halogens is 2. The predicted octanol–water partition coefficient (Wildman–Crippen LogP) is 4.53. The van der Waals surface area contributed by atoms with Gasteiger partial charge in [-0.15, -0.1) is 0 Å². The lowest BCUT2D eigenvalue weighted by Gasteiger charge is -2.14. The van der Waals surface area contributed by atoms with Crippen molar-refractivity contribution in [1.29, 1.82) is 0 Å². The topological polar surface area (TPSA) is 85.9 Å². The van der Waals surface area contributed by atoms with Gasteiger partial charge in [-0.1, -0.05) is 23.9 Å². The fraction of sp³-hybridized carbons (Fsp3) is 0.273. The Morgan fingerprint density at radius 2 is 2.03 bits per heavy atom. The number of nitrogens with one attached hydrogen (secondary N) is 2. The van der Waals surface area contributed by atoms with E-state index in [4.69, 9.17) is 14.2 Å². The summed E-state index contributed by atoms with van der Waals surface area (Å²) in [4.78, 5) is 24.5. The summed E-state index contributed by atoms with van der Waals surface area (Å²) in [5.41, 5.74) is 0.483. The molecule has 170 valence electrons. The Morgan fingerprint density at radius 3 is 2.75 bits per heavy atom. The fourth-order valence-corrected chi connectivity index (χ4v) is 4.39. The average molecular weight is 525 g/mol. The largest absolute Gasteiger partial charge is 0.490 e. The van der Waals surface area contributed by atoms with Gasteiger partial charge in [0.15, 0.2) is 23.6 Å². The number of carbonyl (C=O) groups is 2. The number of ether oxygens (including phenoxy) is 3. The monoisotopic (exact) mass is 524 g/mol. The van der Waals surface area contributed by atoms with Gasteiger partial charge in [0.2, 0.25) is 0 Å². The van der Waals surface area contributed by atoms with Gasteiger partial charge in [0.05, 0.1) is 28.3 Å². The SMILES string of the molecule is CCOC(=O)COc1c(Br)cc(/C=C2\SC(Nc3ccccc3F)NC2=O)cc1OCC. The molecule has 1 atom stereocenters. The van der Waals surface area contributed by atoms with Crippen molar-refractivity contribution < 1.29 is 28.2 Å². The van der Waals surface area contributed by atoms with Crippen molar-refractivity contribution >= 4 is 51.3 Å². The third-order valence-electron chi connectivity index (χ3n) is 4.16. The van der Waals surface area contributed by atoms with Crippen molar-refractivity contribution in [2.45, 2.75) is 19.3 Å². The first kappa shape index (κ1) is 23.9. The van der Waals surface area contributed by atoms with Gasteiger partial charge in [0.25, 0.3) is 5.91 Å². The van der Waals surface area contributed by atoms with Crippen LogP contribution in [0.2, 0.25) is 0 Å². The molecule has 2 N–H and O–H groups in total. The molecule has 3 rings (SSSR count). The zero-order valence-corrected chi connectivity index (χ0v) is 19.8. The Morgan fingerprint density at radius 1 is 1.25 bits per heavy atom. The highest BCUT2D eigenvalue weighted by molar-refractivity contribution is 9.10. The van der Waals surface area contributed by atoms with Crippen LogP contribution in [0, 0.1) is 5.82 Å². The summed E-state index contributed by atoms with van der Waals surface area (Å²) in [7, 11) is 0. The molecule has 0 spiro atoms. The van der Waals surface area contributed by atoms with Crippen LogP contribution >= 0.6 is 27.7 Å². The lowest BCUT2D eigenvalue weighted by Crippen LogP contribution is -2.31. The molecule has 1 aliphatic rings. The summed E-state index contributed by atoms with van der Waals surface area (Å²) in [5, 5.41) is 5.73. The van der Waals surface area contributed by atoms with Crippen LogP contribution in [0.3, 0.4) is 0 Å². The molecule has 2 aromatic rings. The maximum Gasteiger partial charge on any atom is 0.344 e. The molecule has 32 heavy (non-hydrogen) atoms. The first-order valence-corrected chi connectivity index (χ1v) is 11.5. The van der Waals surface area contributed by atoms with Crippen LogP contribution in [-0.2, 0) is 14.3 Å². The molecule has 1 amide bonds. The van der Waals surface area contributed by atoms with Crippen LogP contribution in [0.25, 0.3) is 6.08 Å². The van der Waals surface area contributed by atoms with E-state index in [2.05, 4.69) is 26.6 Å². The van der Waals surface area contributed by atoms with Crippen LogP contribution in [0.15, 0.2) is 45.8 Å². The van der Waals surface area contributed by atoms with E-state index < -0.39 is 17.3 Å². The molecule has 0 bridgehead atoms. The molecule has 1 aliphatic heterocycles. The van der Waals surface area contributed by atoms with Gasteiger partial charge in [0.1, 0.15) is 5.82 Å². The third kappa shape index (κ3) is 6.17. The molecular formula is C22H22BrFN2O5S. The molecule has 0 radical (unpaired) electrons. The highest BCUT2D eigenvalue weighted by atomic mass is 79.9. The zero-order valence-electron chi connectivity index (χ0n) is 17.4. The second-order valence-electron chi connectivity index (χ2n) is 6.46. The summed E-state index contributed by atoms with van der Waals surface area (Å²) in [5.74, 6) is -0.378. The Labute approximate surface area is 197 Å². The van der Waals surface area contributed by atoms with Gasteiger partial charge in [-0.3, -0.25) is 4.79 Å².